The van der Waals surface area contributed by atoms with Crippen LogP contribution < -0.4 is 0 Å². The Labute approximate surface area is 113 Å². The number of aliphatic carboxylic acids is 1. The third kappa shape index (κ3) is 5.71. The van der Waals surface area contributed by atoms with Crippen molar-refractivity contribution in [2.45, 2.75) is 12.4 Å². The first-order valence-corrected chi connectivity index (χ1v) is 5.17. The smallest absolute Gasteiger partial charge is 0.433 e. The van der Waals surface area contributed by atoms with Gasteiger partial charge in [-0.1, -0.05) is 6.07 Å². The molecule has 0 unspecified atom stereocenters. The Hall–Kier alpha value is -2.26. The Bertz CT molecular complexity index is 532. The predicted octanol–water partition coefficient (Wildman–Crippen LogP) is 3.10. The average Bonchev–Trinajstić information content (AvgIpc) is 2.32. The largest absolute Gasteiger partial charge is 0.477 e. The number of nitrogens with zero attached hydrogens (tertiary/aromatic N) is 1. The summed E-state index contributed by atoms with van der Waals surface area (Å²) in [4.78, 5) is 13.7. The molecule has 1 aromatic rings. The number of aromatic nitrogens is 1. The number of halogens is 6. The number of hydrogen-bond acceptors (Lipinski definition) is 3. The topological polar surface area (TPSA) is 59.4 Å². The van der Waals surface area contributed by atoms with E-state index in [1.165, 1.54) is 0 Å². The molecule has 0 aromatic carbocycles. The summed E-state index contributed by atoms with van der Waals surface area (Å²) in [7, 11) is 0. The van der Waals surface area contributed by atoms with Gasteiger partial charge in [-0.15, -0.1) is 0 Å². The van der Waals surface area contributed by atoms with E-state index < -0.39 is 36.4 Å². The Morgan fingerprint density at radius 2 is 1.86 bits per heavy atom. The molecule has 21 heavy (non-hydrogen) atoms. The lowest BCUT2D eigenvalue weighted by molar-refractivity contribution is -0.169. The zero-order valence-corrected chi connectivity index (χ0v) is 10.00. The van der Waals surface area contributed by atoms with Gasteiger partial charge in [0.25, 0.3) is 0 Å². The van der Waals surface area contributed by atoms with E-state index in [4.69, 9.17) is 5.11 Å². The van der Waals surface area contributed by atoms with E-state index >= 15 is 0 Å². The maximum atomic E-state index is 12.2. The van der Waals surface area contributed by atoms with Crippen LogP contribution in [0.25, 0.3) is 6.08 Å². The van der Waals surface area contributed by atoms with E-state index in [0.29, 0.717) is 18.3 Å². The van der Waals surface area contributed by atoms with Gasteiger partial charge >= 0.3 is 18.3 Å². The lowest BCUT2D eigenvalue weighted by atomic mass is 10.2. The van der Waals surface area contributed by atoms with Crippen molar-refractivity contribution >= 4 is 12.0 Å². The van der Waals surface area contributed by atoms with Gasteiger partial charge in [0.15, 0.2) is 6.61 Å². The van der Waals surface area contributed by atoms with E-state index in [1.54, 1.807) is 0 Å². The summed E-state index contributed by atoms with van der Waals surface area (Å²) in [6.45, 7) is -1.83. The van der Waals surface area contributed by atoms with Crippen molar-refractivity contribution < 1.29 is 41.0 Å². The van der Waals surface area contributed by atoms with E-state index in [2.05, 4.69) is 9.72 Å². The molecule has 0 amide bonds. The van der Waals surface area contributed by atoms with Crippen LogP contribution in [0.2, 0.25) is 0 Å². The fourth-order valence-electron chi connectivity index (χ4n) is 1.13. The summed E-state index contributed by atoms with van der Waals surface area (Å²) in [6.07, 6.45) is -8.11. The van der Waals surface area contributed by atoms with Gasteiger partial charge in [0, 0.05) is 6.20 Å². The van der Waals surface area contributed by atoms with Gasteiger partial charge in [-0.05, 0) is 17.7 Å². The molecule has 0 radical (unpaired) electrons. The van der Waals surface area contributed by atoms with E-state index in [1.807, 2.05) is 0 Å². The second-order valence-electron chi connectivity index (χ2n) is 3.69. The molecule has 10 heteroatoms. The van der Waals surface area contributed by atoms with Crippen LogP contribution in [0, 0.1) is 0 Å². The second-order valence-corrected chi connectivity index (χ2v) is 3.69. The van der Waals surface area contributed by atoms with Crippen LogP contribution in [-0.4, -0.2) is 28.8 Å². The van der Waals surface area contributed by atoms with Gasteiger partial charge < -0.3 is 9.84 Å². The van der Waals surface area contributed by atoms with E-state index in [-0.39, 0.29) is 5.56 Å². The number of pyridine rings is 1. The molecule has 0 aliphatic rings. The Morgan fingerprint density at radius 1 is 1.24 bits per heavy atom. The van der Waals surface area contributed by atoms with Crippen molar-refractivity contribution in [1.29, 1.82) is 0 Å². The molecule has 0 spiro atoms. The quantitative estimate of drug-likeness (QED) is 0.527. The third-order valence-electron chi connectivity index (χ3n) is 1.98. The maximum Gasteiger partial charge on any atom is 0.433 e. The molecular formula is C11H7F6NO3. The Kier molecular flexibility index (Phi) is 4.81. The highest BCUT2D eigenvalue weighted by molar-refractivity contribution is 5.89. The van der Waals surface area contributed by atoms with Crippen molar-refractivity contribution in [3.8, 4) is 0 Å². The van der Waals surface area contributed by atoms with Crippen LogP contribution in [0.4, 0.5) is 26.3 Å². The summed E-state index contributed by atoms with van der Waals surface area (Å²) >= 11 is 0. The van der Waals surface area contributed by atoms with Crippen LogP contribution in [0.3, 0.4) is 0 Å². The highest BCUT2D eigenvalue weighted by Crippen LogP contribution is 2.27. The van der Waals surface area contributed by atoms with E-state index in [0.717, 1.165) is 6.07 Å². The van der Waals surface area contributed by atoms with Gasteiger partial charge in [0.2, 0.25) is 5.76 Å². The SMILES string of the molecule is O=C(O)C(=Cc1ccc(C(F)(F)F)nc1)OCC(F)(F)F. The molecule has 1 heterocycles. The monoisotopic (exact) mass is 315 g/mol. The van der Waals surface area contributed by atoms with Crippen LogP contribution >= 0.6 is 0 Å². The number of carbonyl (C=O) groups is 1. The summed E-state index contributed by atoms with van der Waals surface area (Å²) in [5.74, 6) is -2.85. The van der Waals surface area contributed by atoms with Gasteiger partial charge in [0.1, 0.15) is 5.69 Å². The van der Waals surface area contributed by atoms with Gasteiger partial charge in [0.05, 0.1) is 0 Å². The molecule has 0 atom stereocenters. The number of ether oxygens (including phenoxy) is 1. The zero-order chi connectivity index (χ0) is 16.3. The van der Waals surface area contributed by atoms with Gasteiger partial charge in [-0.2, -0.15) is 26.3 Å². The molecular weight excluding hydrogens is 308 g/mol. The van der Waals surface area contributed by atoms with Gasteiger partial charge in [-0.25, -0.2) is 4.79 Å². The lowest BCUT2D eigenvalue weighted by Gasteiger charge is -2.09. The lowest BCUT2D eigenvalue weighted by Crippen LogP contribution is -2.19. The highest BCUT2D eigenvalue weighted by atomic mass is 19.4. The fourth-order valence-corrected chi connectivity index (χ4v) is 1.13. The first-order chi connectivity index (χ1) is 9.49. The standard InChI is InChI=1S/C11H7F6NO3/c12-10(13,14)5-21-7(9(19)20)3-6-1-2-8(18-4-6)11(15,16)17/h1-4H,5H2,(H,19,20). The molecule has 1 rings (SSSR count). The van der Waals surface area contributed by atoms with E-state index in [9.17, 15) is 31.1 Å². The summed E-state index contributed by atoms with van der Waals surface area (Å²) < 4.78 is 76.5. The third-order valence-corrected chi connectivity index (χ3v) is 1.98. The zero-order valence-electron chi connectivity index (χ0n) is 10.00. The molecule has 0 aliphatic carbocycles. The molecule has 0 aliphatic heterocycles. The molecule has 0 saturated heterocycles. The highest BCUT2D eigenvalue weighted by Gasteiger charge is 2.32. The molecule has 1 aromatic heterocycles. The number of hydrogen-bond donors (Lipinski definition) is 1. The number of carboxylic acid groups (broad SMARTS) is 1. The van der Waals surface area contributed by atoms with Crippen molar-refractivity contribution in [2.24, 2.45) is 0 Å². The molecule has 0 fully saturated rings. The average molecular weight is 315 g/mol. The van der Waals surface area contributed by atoms with Crippen LogP contribution in [0.15, 0.2) is 24.1 Å². The summed E-state index contributed by atoms with van der Waals surface area (Å²) in [5.41, 5.74) is -1.37. The molecule has 1 N–H and O–H groups in total. The van der Waals surface area contributed by atoms with Crippen molar-refractivity contribution in [3.05, 3.63) is 35.3 Å². The first kappa shape index (κ1) is 16.8. The predicted molar refractivity (Wildman–Crippen MR) is 56.9 cm³/mol. The minimum absolute atomic E-state index is 0.150. The number of carboxylic acids is 1. The van der Waals surface area contributed by atoms with Crippen molar-refractivity contribution in [3.63, 3.8) is 0 Å². The summed E-state index contributed by atoms with van der Waals surface area (Å²) in [6, 6.07) is 1.42. The molecule has 116 valence electrons. The van der Waals surface area contributed by atoms with Crippen molar-refractivity contribution in [1.82, 2.24) is 4.98 Å². The Balaban J connectivity index is 2.93. The molecule has 4 nitrogen and oxygen atoms in total. The molecule has 0 bridgehead atoms. The molecule has 0 saturated carbocycles. The minimum atomic E-state index is -4.74. The van der Waals surface area contributed by atoms with Crippen molar-refractivity contribution in [2.75, 3.05) is 6.61 Å². The first-order valence-electron chi connectivity index (χ1n) is 5.17. The fraction of sp³-hybridized carbons (Fsp3) is 0.273. The van der Waals surface area contributed by atoms with Gasteiger partial charge in [-0.3, -0.25) is 4.98 Å². The summed E-state index contributed by atoms with van der Waals surface area (Å²) in [5, 5.41) is 8.65. The number of alkyl halides is 6. The van der Waals surface area contributed by atoms with Crippen LogP contribution in [0.5, 0.6) is 0 Å². The van der Waals surface area contributed by atoms with Crippen LogP contribution in [-0.2, 0) is 15.7 Å². The number of rotatable bonds is 4. The Morgan fingerprint density at radius 3 is 2.24 bits per heavy atom. The normalized spacial score (nSPS) is 13.1. The maximum absolute atomic E-state index is 12.2. The van der Waals surface area contributed by atoms with Crippen LogP contribution in [0.1, 0.15) is 11.3 Å². The minimum Gasteiger partial charge on any atom is -0.477 e. The second kappa shape index (κ2) is 6.02.